The van der Waals surface area contributed by atoms with Gasteiger partial charge in [0.2, 0.25) is 0 Å². The van der Waals surface area contributed by atoms with Crippen LogP contribution < -0.4 is 4.90 Å². The summed E-state index contributed by atoms with van der Waals surface area (Å²) in [5.41, 5.74) is 21.2. The van der Waals surface area contributed by atoms with Gasteiger partial charge in [-0.15, -0.1) is 0 Å². The van der Waals surface area contributed by atoms with Crippen molar-refractivity contribution in [3.8, 4) is 78.5 Å². The van der Waals surface area contributed by atoms with Gasteiger partial charge in [-0.3, -0.25) is 9.97 Å². The van der Waals surface area contributed by atoms with Gasteiger partial charge in [0.1, 0.15) is 22.7 Å². The van der Waals surface area contributed by atoms with E-state index in [9.17, 15) is 0 Å². The summed E-state index contributed by atoms with van der Waals surface area (Å²) in [4.78, 5) is 12.7. The number of pyridine rings is 2. The van der Waals surface area contributed by atoms with Crippen LogP contribution in [0.25, 0.3) is 100 Å². The monoisotopic (exact) mass is 915 g/mol. The lowest BCUT2D eigenvalue weighted by molar-refractivity contribution is 0.631. The highest BCUT2D eigenvalue weighted by atomic mass is 16.3. The Kier molecular flexibility index (Phi) is 11.0. The maximum atomic E-state index is 6.77. The standard InChI is InChI=1S/C66H49N3O2/c1-42-24-26-49-36-65(70-63(49)28-42)53-30-51(60-38-58(44(3)40-67-60)47-18-10-6-11-19-47)32-55(34-53)69(62-23-15-14-22-57(62)46-16-8-5-9-17-46)56-33-52(61-39-59(45(4)41-68-61)48-20-12-7-13-21-48)31-54(35-56)66-37-50-27-25-43(2)29-64(50)71-66/h5-41H,1-4H3. The number of nitrogens with zero attached hydrogens (tertiary/aromatic N) is 3. The van der Waals surface area contributed by atoms with E-state index in [-0.39, 0.29) is 0 Å². The first-order chi connectivity index (χ1) is 34.8. The number of benzene rings is 8. The first kappa shape index (κ1) is 43.2. The summed E-state index contributed by atoms with van der Waals surface area (Å²) in [5.74, 6) is 1.54. The molecule has 0 atom stereocenters. The second-order valence-corrected chi connectivity index (χ2v) is 18.6. The Morgan fingerprint density at radius 3 is 1.21 bits per heavy atom. The number of anilines is 3. The second-order valence-electron chi connectivity index (χ2n) is 18.6. The van der Waals surface area contributed by atoms with Crippen molar-refractivity contribution in [2.75, 3.05) is 4.90 Å². The molecule has 0 saturated heterocycles. The van der Waals surface area contributed by atoms with Gasteiger partial charge in [-0.1, -0.05) is 133 Å². The molecule has 0 radical (unpaired) electrons. The molecule has 0 aliphatic carbocycles. The fourth-order valence-electron chi connectivity index (χ4n) is 9.80. The van der Waals surface area contributed by atoms with Crippen LogP contribution in [0.1, 0.15) is 22.3 Å². The minimum absolute atomic E-state index is 0.768. The minimum Gasteiger partial charge on any atom is -0.456 e. The van der Waals surface area contributed by atoms with Crippen molar-refractivity contribution in [1.29, 1.82) is 0 Å². The Morgan fingerprint density at radius 2 is 0.746 bits per heavy atom. The Labute approximate surface area is 414 Å². The van der Waals surface area contributed by atoms with Crippen LogP contribution in [0, 0.1) is 27.7 Å². The molecule has 0 spiro atoms. The molecule has 12 aromatic rings. The van der Waals surface area contributed by atoms with E-state index < -0.39 is 0 Å². The molecule has 0 unspecified atom stereocenters. The van der Waals surface area contributed by atoms with E-state index in [1.807, 2.05) is 12.4 Å². The Hall–Kier alpha value is -9.06. The third-order valence-corrected chi connectivity index (χ3v) is 13.5. The van der Waals surface area contributed by atoms with Crippen molar-refractivity contribution < 1.29 is 8.83 Å². The summed E-state index contributed by atoms with van der Waals surface area (Å²) < 4.78 is 13.5. The van der Waals surface area contributed by atoms with E-state index in [1.54, 1.807) is 0 Å². The van der Waals surface area contributed by atoms with Crippen molar-refractivity contribution >= 4 is 39.0 Å². The zero-order valence-electron chi connectivity index (χ0n) is 40.0. The van der Waals surface area contributed by atoms with Gasteiger partial charge in [0, 0.05) is 62.4 Å². The molecule has 0 aliphatic rings. The average molecular weight is 916 g/mol. The Morgan fingerprint density at radius 1 is 0.338 bits per heavy atom. The van der Waals surface area contributed by atoms with Crippen LogP contribution in [0.2, 0.25) is 0 Å². The summed E-state index contributed by atoms with van der Waals surface area (Å²) in [6, 6.07) is 75.3. The quantitative estimate of drug-likeness (QED) is 0.137. The Balaban J connectivity index is 1.15. The topological polar surface area (TPSA) is 55.3 Å². The highest BCUT2D eigenvalue weighted by Gasteiger charge is 2.23. The van der Waals surface area contributed by atoms with Gasteiger partial charge < -0.3 is 13.7 Å². The van der Waals surface area contributed by atoms with E-state index in [4.69, 9.17) is 18.8 Å². The molecule has 12 rings (SSSR count). The summed E-state index contributed by atoms with van der Waals surface area (Å²) >= 11 is 0. The SMILES string of the molecule is Cc1ccc2cc(-c3cc(-c4cc(-c5ccccc5)c(C)cn4)cc(N(c4cc(-c5cc(-c6ccccc6)c(C)cn5)cc(-c5cc6ccc(C)cc6o5)c4)c4ccccc4-c4ccccc4)c3)oc2c1. The molecular weight excluding hydrogens is 867 g/mol. The molecule has 0 fully saturated rings. The minimum atomic E-state index is 0.768. The van der Waals surface area contributed by atoms with Gasteiger partial charge in [-0.2, -0.15) is 0 Å². The average Bonchev–Trinajstić information content (AvgIpc) is 4.04. The molecule has 0 saturated carbocycles. The number of aromatic nitrogens is 2. The highest BCUT2D eigenvalue weighted by Crippen LogP contribution is 2.47. The van der Waals surface area contributed by atoms with Gasteiger partial charge in [0.25, 0.3) is 0 Å². The van der Waals surface area contributed by atoms with Crippen molar-refractivity contribution in [1.82, 2.24) is 9.97 Å². The molecule has 0 bridgehead atoms. The van der Waals surface area contributed by atoms with Gasteiger partial charge in [-0.25, -0.2) is 0 Å². The van der Waals surface area contributed by atoms with Gasteiger partial charge >= 0.3 is 0 Å². The molecule has 5 nitrogen and oxygen atoms in total. The molecule has 71 heavy (non-hydrogen) atoms. The van der Waals surface area contributed by atoms with E-state index in [1.165, 1.54) is 0 Å². The molecule has 8 aromatic carbocycles. The first-order valence-corrected chi connectivity index (χ1v) is 24.1. The van der Waals surface area contributed by atoms with E-state index in [2.05, 4.69) is 245 Å². The predicted molar refractivity (Wildman–Crippen MR) is 293 cm³/mol. The lowest BCUT2D eigenvalue weighted by atomic mass is 9.96. The number of fused-ring (bicyclic) bond motifs is 2. The van der Waals surface area contributed by atoms with Crippen LogP contribution in [0.5, 0.6) is 0 Å². The van der Waals surface area contributed by atoms with Crippen LogP contribution in [0.3, 0.4) is 0 Å². The lowest BCUT2D eigenvalue weighted by Gasteiger charge is -2.29. The highest BCUT2D eigenvalue weighted by molar-refractivity contribution is 5.95. The predicted octanol–water partition coefficient (Wildman–Crippen LogP) is 18.3. The Bertz CT molecular complexity index is 3710. The first-order valence-electron chi connectivity index (χ1n) is 24.1. The summed E-state index contributed by atoms with van der Waals surface area (Å²) in [7, 11) is 0. The molecular formula is C66H49N3O2. The molecule has 4 heterocycles. The second kappa shape index (κ2) is 18.1. The lowest BCUT2D eigenvalue weighted by Crippen LogP contribution is -2.12. The normalized spacial score (nSPS) is 11.4. The number of aryl methyl sites for hydroxylation is 4. The zero-order valence-corrected chi connectivity index (χ0v) is 40.0. The number of furan rings is 2. The molecule has 0 amide bonds. The molecule has 4 aromatic heterocycles. The van der Waals surface area contributed by atoms with Crippen LogP contribution in [0.15, 0.2) is 234 Å². The number of hydrogen-bond donors (Lipinski definition) is 0. The van der Waals surface area contributed by atoms with E-state index >= 15 is 0 Å². The van der Waals surface area contributed by atoms with E-state index in [0.29, 0.717) is 0 Å². The van der Waals surface area contributed by atoms with E-state index in [0.717, 1.165) is 140 Å². The van der Waals surface area contributed by atoms with Crippen molar-refractivity contribution in [3.05, 3.63) is 247 Å². The summed E-state index contributed by atoms with van der Waals surface area (Å²) in [6.45, 7) is 8.44. The maximum Gasteiger partial charge on any atom is 0.135 e. The molecule has 340 valence electrons. The van der Waals surface area contributed by atoms with Crippen molar-refractivity contribution in [2.24, 2.45) is 0 Å². The van der Waals surface area contributed by atoms with Crippen LogP contribution in [-0.2, 0) is 0 Å². The van der Waals surface area contributed by atoms with Gasteiger partial charge in [0.15, 0.2) is 0 Å². The molecule has 5 heteroatoms. The van der Waals surface area contributed by atoms with Crippen LogP contribution in [0.4, 0.5) is 17.1 Å². The number of para-hydroxylation sites is 1. The third-order valence-electron chi connectivity index (χ3n) is 13.5. The summed E-state index contributed by atoms with van der Waals surface area (Å²) in [6.07, 6.45) is 3.97. The van der Waals surface area contributed by atoms with Crippen LogP contribution in [-0.4, -0.2) is 9.97 Å². The van der Waals surface area contributed by atoms with Crippen molar-refractivity contribution in [2.45, 2.75) is 27.7 Å². The molecule has 0 aliphatic heterocycles. The van der Waals surface area contributed by atoms with Gasteiger partial charge in [0.05, 0.1) is 17.1 Å². The molecule has 0 N–H and O–H groups in total. The fourth-order valence-corrected chi connectivity index (χ4v) is 9.80. The van der Waals surface area contributed by atoms with Gasteiger partial charge in [-0.05, 0) is 157 Å². The zero-order chi connectivity index (χ0) is 48.0. The third kappa shape index (κ3) is 8.49. The number of rotatable bonds is 10. The fraction of sp³-hybridized carbons (Fsp3) is 0.0606. The number of hydrogen-bond acceptors (Lipinski definition) is 5. The largest absolute Gasteiger partial charge is 0.456 e. The van der Waals surface area contributed by atoms with Crippen LogP contribution >= 0.6 is 0 Å². The smallest absolute Gasteiger partial charge is 0.135 e. The summed E-state index contributed by atoms with van der Waals surface area (Å²) in [5, 5.41) is 2.09. The van der Waals surface area contributed by atoms with Crippen molar-refractivity contribution in [3.63, 3.8) is 0 Å². The maximum absolute atomic E-state index is 6.77.